The highest BCUT2D eigenvalue weighted by Crippen LogP contribution is 2.34. The third-order valence-electron chi connectivity index (χ3n) is 12.4. The molecule has 73 heavy (non-hydrogen) atoms. The third kappa shape index (κ3) is 15.8. The van der Waals surface area contributed by atoms with Crippen molar-refractivity contribution in [3.63, 3.8) is 0 Å². The Kier molecular flexibility index (Phi) is 20.0. The van der Waals surface area contributed by atoms with Gasteiger partial charge in [0.25, 0.3) is 0 Å². The van der Waals surface area contributed by atoms with Crippen LogP contribution < -0.4 is 0 Å². The maximum atomic E-state index is 14.2. The molecule has 2 saturated heterocycles. The van der Waals surface area contributed by atoms with Crippen LogP contribution >= 0.6 is 0 Å². The summed E-state index contributed by atoms with van der Waals surface area (Å²) in [6.07, 6.45) is -12.0. The molecule has 6 aromatic rings. The molecule has 382 valence electrons. The predicted octanol–water partition coefficient (Wildman–Crippen LogP) is 8.51. The van der Waals surface area contributed by atoms with Gasteiger partial charge in [-0.3, -0.25) is 4.79 Å². The number of rotatable bonds is 25. The number of hydrogen-bond acceptors (Lipinski definition) is 14. The molecule has 0 radical (unpaired) electrons. The minimum absolute atomic E-state index is 0.00876. The second kappa shape index (κ2) is 27.6. The van der Waals surface area contributed by atoms with Crippen molar-refractivity contribution < 1.29 is 66.9 Å². The minimum atomic E-state index is -1.52. The van der Waals surface area contributed by atoms with Gasteiger partial charge < -0.3 is 57.3 Å². The van der Waals surface area contributed by atoms with E-state index in [1.54, 1.807) is 30.3 Å². The monoisotopic (exact) mass is 994 g/mol. The smallest absolute Gasteiger partial charge is 0.338 e. The molecule has 2 aliphatic heterocycles. The molecule has 14 nitrogen and oxygen atoms in total. The standard InChI is InChI=1S/C59H62O14/c1-41(60)32-33-50(61)72-52-48(39-64-34-42-20-8-2-9-21-42)71-59(56(73-57(62)47-30-18-7-19-31-47)54(52)67-37-45-26-14-5-15-27-45)69-40-49-51(65-35-43-22-10-3-11-23-43)53(66-36-44-24-12-4-13-25-44)55(58(63)70-49)68-38-46-28-16-6-17-29-46/h2-31,48-49,51-56,58-59,63H,32-40H2,1H3/t48-,49-,51-,52-,53+,54+,55-,56-,58+,59-/m1/s1. The predicted molar refractivity (Wildman–Crippen MR) is 267 cm³/mol. The van der Waals surface area contributed by atoms with Crippen LogP contribution in [0, 0.1) is 0 Å². The van der Waals surface area contributed by atoms with Crippen LogP contribution in [0.15, 0.2) is 182 Å². The van der Waals surface area contributed by atoms with Crippen LogP contribution in [-0.2, 0) is 90.0 Å². The van der Waals surface area contributed by atoms with E-state index in [1.807, 2.05) is 152 Å². The number of aliphatic hydroxyl groups excluding tert-OH is 1. The molecule has 0 amide bonds. The summed E-state index contributed by atoms with van der Waals surface area (Å²) in [5.41, 5.74) is 4.55. The molecule has 0 aliphatic carbocycles. The molecule has 2 fully saturated rings. The Balaban J connectivity index is 1.14. The number of esters is 2. The zero-order chi connectivity index (χ0) is 50.6. The number of carbonyl (C=O) groups excluding carboxylic acids is 3. The van der Waals surface area contributed by atoms with Gasteiger partial charge in [0.2, 0.25) is 0 Å². The van der Waals surface area contributed by atoms with Crippen LogP contribution in [0.2, 0.25) is 0 Å². The van der Waals surface area contributed by atoms with Crippen LogP contribution in [0.5, 0.6) is 0 Å². The number of carbonyl (C=O) groups is 3. The highest BCUT2D eigenvalue weighted by Gasteiger charge is 2.53. The summed E-state index contributed by atoms with van der Waals surface area (Å²) < 4.78 is 65.4. The maximum absolute atomic E-state index is 14.2. The molecule has 0 unspecified atom stereocenters. The lowest BCUT2D eigenvalue weighted by atomic mass is 9.97. The van der Waals surface area contributed by atoms with Gasteiger partial charge in [0.15, 0.2) is 24.8 Å². The van der Waals surface area contributed by atoms with E-state index in [9.17, 15) is 19.5 Å². The van der Waals surface area contributed by atoms with E-state index in [2.05, 4.69) is 0 Å². The average molecular weight is 995 g/mol. The molecule has 0 aromatic heterocycles. The van der Waals surface area contributed by atoms with Gasteiger partial charge in [-0.15, -0.1) is 0 Å². The lowest BCUT2D eigenvalue weighted by Crippen LogP contribution is -2.64. The van der Waals surface area contributed by atoms with E-state index in [0.29, 0.717) is 0 Å². The first-order valence-electron chi connectivity index (χ1n) is 24.6. The van der Waals surface area contributed by atoms with Gasteiger partial charge in [-0.1, -0.05) is 170 Å². The number of benzene rings is 6. The number of Topliss-reactive ketones (excluding diaryl/α,β-unsaturated/α-hetero) is 1. The van der Waals surface area contributed by atoms with Crippen molar-refractivity contribution >= 4 is 17.7 Å². The van der Waals surface area contributed by atoms with E-state index in [1.165, 1.54) is 6.92 Å². The summed E-state index contributed by atoms with van der Waals surface area (Å²) in [5.74, 6) is -1.61. The molecule has 0 bridgehead atoms. The fourth-order valence-electron chi connectivity index (χ4n) is 8.58. The number of ketones is 1. The first-order chi connectivity index (χ1) is 35.8. The van der Waals surface area contributed by atoms with Gasteiger partial charge in [-0.05, 0) is 46.9 Å². The lowest BCUT2D eigenvalue weighted by molar-refractivity contribution is -0.341. The first-order valence-corrected chi connectivity index (χ1v) is 24.6. The largest absolute Gasteiger partial charge is 0.457 e. The SMILES string of the molecule is CC(=O)CCC(=O)O[C@H]1[C@H](OCc2ccccc2)[C@@H](OC(=O)c2ccccc2)[C@H](OC[C@H]2O[C@H](O)[C@H](OCc3ccccc3)[C@@H](OCc3ccccc3)[C@@H]2OCc2ccccc2)O[C@@H]1COCc1ccccc1. The quantitative estimate of drug-likeness (QED) is 0.0543. The summed E-state index contributed by atoms with van der Waals surface area (Å²) in [4.78, 5) is 39.9. The van der Waals surface area contributed by atoms with Gasteiger partial charge in [0.1, 0.15) is 42.4 Å². The molecular weight excluding hydrogens is 933 g/mol. The third-order valence-corrected chi connectivity index (χ3v) is 12.4. The van der Waals surface area contributed by atoms with Crippen molar-refractivity contribution in [1.82, 2.24) is 0 Å². The normalized spacial score (nSPS) is 23.8. The molecule has 2 aliphatic rings. The molecule has 2 heterocycles. The summed E-state index contributed by atoms with van der Waals surface area (Å²) in [6.45, 7) is 1.61. The van der Waals surface area contributed by atoms with Gasteiger partial charge in [0.05, 0.1) is 58.2 Å². The van der Waals surface area contributed by atoms with Crippen molar-refractivity contribution in [2.75, 3.05) is 13.2 Å². The van der Waals surface area contributed by atoms with E-state index in [-0.39, 0.29) is 70.4 Å². The molecule has 6 aromatic carbocycles. The molecule has 0 spiro atoms. The van der Waals surface area contributed by atoms with Gasteiger partial charge in [0, 0.05) is 6.42 Å². The lowest BCUT2D eigenvalue weighted by Gasteiger charge is -2.47. The average Bonchev–Trinajstić information content (AvgIpc) is 3.42. The Labute approximate surface area is 426 Å². The number of hydrogen-bond donors (Lipinski definition) is 1. The summed E-state index contributed by atoms with van der Waals surface area (Å²) in [7, 11) is 0. The first kappa shape index (κ1) is 52.9. The molecule has 14 heteroatoms. The molecule has 0 saturated carbocycles. The van der Waals surface area contributed by atoms with Crippen LogP contribution in [-0.4, -0.2) is 97.5 Å². The number of aliphatic hydroxyl groups is 1. The van der Waals surface area contributed by atoms with Crippen molar-refractivity contribution in [3.05, 3.63) is 215 Å². The van der Waals surface area contributed by atoms with Crippen molar-refractivity contribution in [2.45, 2.75) is 114 Å². The molecule has 10 atom stereocenters. The zero-order valence-corrected chi connectivity index (χ0v) is 40.7. The fourth-order valence-corrected chi connectivity index (χ4v) is 8.58. The Morgan fingerprint density at radius 3 is 1.32 bits per heavy atom. The molecular formula is C59H62O14. The minimum Gasteiger partial charge on any atom is -0.457 e. The number of ether oxygens (including phenoxy) is 10. The summed E-state index contributed by atoms with van der Waals surface area (Å²) in [5, 5.41) is 11.9. The highest BCUT2D eigenvalue weighted by molar-refractivity contribution is 5.89. The van der Waals surface area contributed by atoms with Crippen LogP contribution in [0.3, 0.4) is 0 Å². The Morgan fingerprint density at radius 2 is 0.836 bits per heavy atom. The Hall–Kier alpha value is -6.43. The summed E-state index contributed by atoms with van der Waals surface area (Å²) >= 11 is 0. The fraction of sp³-hybridized carbons (Fsp3) is 0.339. The van der Waals surface area contributed by atoms with Gasteiger partial charge in [-0.25, -0.2) is 4.79 Å². The van der Waals surface area contributed by atoms with Gasteiger partial charge >= 0.3 is 11.9 Å². The molecule has 8 rings (SSSR count). The van der Waals surface area contributed by atoms with Crippen LogP contribution in [0.1, 0.15) is 57.9 Å². The van der Waals surface area contributed by atoms with E-state index < -0.39 is 73.4 Å². The second-order valence-corrected chi connectivity index (χ2v) is 17.9. The molecule has 1 N–H and O–H groups in total. The van der Waals surface area contributed by atoms with Crippen molar-refractivity contribution in [1.29, 1.82) is 0 Å². The maximum Gasteiger partial charge on any atom is 0.338 e. The van der Waals surface area contributed by atoms with Crippen molar-refractivity contribution in [2.24, 2.45) is 0 Å². The Bertz CT molecular complexity index is 2560. The van der Waals surface area contributed by atoms with E-state index in [4.69, 9.17) is 47.4 Å². The van der Waals surface area contributed by atoms with Crippen LogP contribution in [0.25, 0.3) is 0 Å². The van der Waals surface area contributed by atoms with E-state index in [0.717, 1.165) is 27.8 Å². The Morgan fingerprint density at radius 1 is 0.425 bits per heavy atom. The van der Waals surface area contributed by atoms with Gasteiger partial charge in [-0.2, -0.15) is 0 Å². The van der Waals surface area contributed by atoms with Crippen LogP contribution in [0.4, 0.5) is 0 Å². The van der Waals surface area contributed by atoms with E-state index >= 15 is 0 Å². The summed E-state index contributed by atoms with van der Waals surface area (Å²) in [6, 6.07) is 56.1. The highest BCUT2D eigenvalue weighted by atomic mass is 16.7. The van der Waals surface area contributed by atoms with Crippen molar-refractivity contribution in [3.8, 4) is 0 Å². The second-order valence-electron chi connectivity index (χ2n) is 17.9. The zero-order valence-electron chi connectivity index (χ0n) is 40.7. The topological polar surface area (TPSA) is 164 Å².